The fourth-order valence-electron chi connectivity index (χ4n) is 2.60. The van der Waals surface area contributed by atoms with Gasteiger partial charge in [0.2, 0.25) is 0 Å². The first kappa shape index (κ1) is 18.3. The van der Waals surface area contributed by atoms with Crippen molar-refractivity contribution < 1.29 is 32.6 Å². The fourth-order valence-corrected chi connectivity index (χ4v) is 2.60. The average Bonchev–Trinajstić information content (AvgIpc) is 2.92. The van der Waals surface area contributed by atoms with E-state index in [1.54, 1.807) is 0 Å². The van der Waals surface area contributed by atoms with Gasteiger partial charge in [-0.1, -0.05) is 12.1 Å². The maximum absolute atomic E-state index is 12.3. The highest BCUT2D eigenvalue weighted by atomic mass is 19.4. The molecular formula is C16H18F3NO4. The number of ether oxygens (including phenoxy) is 1. The summed E-state index contributed by atoms with van der Waals surface area (Å²) in [7, 11) is 0. The first-order valence-corrected chi connectivity index (χ1v) is 7.47. The summed E-state index contributed by atoms with van der Waals surface area (Å²) in [5.74, 6) is -1.51. The number of aliphatic carboxylic acids is 1. The molecule has 0 radical (unpaired) electrons. The molecule has 1 saturated heterocycles. The standard InChI is InChI=1S/C16H18F3NO4/c17-16(18,19)6-5-11-1-3-12(4-2-11)14(23)20-15(9-13(21)22)7-8-24-10-15/h1-4H,5-10H2,(H,20,23)(H,21,22). The van der Waals surface area contributed by atoms with Crippen molar-refractivity contribution in [3.63, 3.8) is 0 Å². The van der Waals surface area contributed by atoms with Crippen LogP contribution in [0.4, 0.5) is 13.2 Å². The van der Waals surface area contributed by atoms with Gasteiger partial charge in [0.05, 0.1) is 18.6 Å². The quantitative estimate of drug-likeness (QED) is 0.831. The molecule has 1 fully saturated rings. The zero-order valence-corrected chi connectivity index (χ0v) is 12.9. The normalized spacial score (nSPS) is 20.8. The number of carboxylic acid groups (broad SMARTS) is 1. The minimum atomic E-state index is -4.22. The van der Waals surface area contributed by atoms with Crippen LogP contribution in [0.25, 0.3) is 0 Å². The van der Waals surface area contributed by atoms with Crippen LogP contribution in [-0.4, -0.2) is 41.9 Å². The van der Waals surface area contributed by atoms with E-state index in [0.717, 1.165) is 0 Å². The van der Waals surface area contributed by atoms with Crippen LogP contribution in [0.15, 0.2) is 24.3 Å². The lowest BCUT2D eigenvalue weighted by Crippen LogP contribution is -2.50. The van der Waals surface area contributed by atoms with Gasteiger partial charge in [-0.15, -0.1) is 0 Å². The molecule has 1 unspecified atom stereocenters. The number of rotatable bonds is 6. The van der Waals surface area contributed by atoms with Gasteiger partial charge in [-0.05, 0) is 30.5 Å². The van der Waals surface area contributed by atoms with Gasteiger partial charge in [0.25, 0.3) is 5.91 Å². The highest BCUT2D eigenvalue weighted by Crippen LogP contribution is 2.24. The molecule has 24 heavy (non-hydrogen) atoms. The second-order valence-electron chi connectivity index (χ2n) is 5.92. The summed E-state index contributed by atoms with van der Waals surface area (Å²) >= 11 is 0. The third kappa shape index (κ3) is 5.23. The van der Waals surface area contributed by atoms with E-state index in [4.69, 9.17) is 9.84 Å². The molecule has 1 atom stereocenters. The van der Waals surface area contributed by atoms with Gasteiger partial charge in [-0.2, -0.15) is 13.2 Å². The van der Waals surface area contributed by atoms with Crippen LogP contribution in [-0.2, 0) is 16.0 Å². The van der Waals surface area contributed by atoms with Crippen LogP contribution in [0.2, 0.25) is 0 Å². The second kappa shape index (κ2) is 7.21. The molecule has 1 aromatic rings. The van der Waals surface area contributed by atoms with Crippen LogP contribution in [0.5, 0.6) is 0 Å². The Hall–Kier alpha value is -2.09. The molecule has 1 aliphatic heterocycles. The summed E-state index contributed by atoms with van der Waals surface area (Å²) in [5, 5.41) is 11.7. The lowest BCUT2D eigenvalue weighted by atomic mass is 9.93. The summed E-state index contributed by atoms with van der Waals surface area (Å²) < 4.78 is 41.8. The fraction of sp³-hybridized carbons (Fsp3) is 0.500. The topological polar surface area (TPSA) is 75.6 Å². The number of aryl methyl sites for hydroxylation is 1. The Bertz CT molecular complexity index is 592. The van der Waals surface area contributed by atoms with Crippen LogP contribution in [0, 0.1) is 0 Å². The Morgan fingerprint density at radius 3 is 2.42 bits per heavy atom. The zero-order valence-electron chi connectivity index (χ0n) is 12.9. The van der Waals surface area contributed by atoms with Crippen molar-refractivity contribution in [3.05, 3.63) is 35.4 Å². The van der Waals surface area contributed by atoms with Gasteiger partial charge in [-0.25, -0.2) is 0 Å². The highest BCUT2D eigenvalue weighted by molar-refractivity contribution is 5.95. The molecule has 0 aromatic heterocycles. The number of benzene rings is 1. The van der Waals surface area contributed by atoms with Gasteiger partial charge >= 0.3 is 12.1 Å². The molecule has 5 nitrogen and oxygen atoms in total. The molecule has 1 aliphatic rings. The van der Waals surface area contributed by atoms with E-state index in [9.17, 15) is 22.8 Å². The minimum Gasteiger partial charge on any atom is -0.481 e. The Balaban J connectivity index is 2.00. The molecule has 0 bridgehead atoms. The van der Waals surface area contributed by atoms with Crippen molar-refractivity contribution in [1.29, 1.82) is 0 Å². The first-order valence-electron chi connectivity index (χ1n) is 7.47. The van der Waals surface area contributed by atoms with Gasteiger partial charge in [0.1, 0.15) is 0 Å². The third-order valence-corrected chi connectivity index (χ3v) is 3.88. The molecule has 0 spiro atoms. The van der Waals surface area contributed by atoms with Crippen molar-refractivity contribution in [2.75, 3.05) is 13.2 Å². The molecule has 8 heteroatoms. The van der Waals surface area contributed by atoms with E-state index in [2.05, 4.69) is 5.32 Å². The average molecular weight is 345 g/mol. The van der Waals surface area contributed by atoms with Crippen LogP contribution >= 0.6 is 0 Å². The molecule has 0 saturated carbocycles. The van der Waals surface area contributed by atoms with Crippen molar-refractivity contribution in [1.82, 2.24) is 5.32 Å². The lowest BCUT2D eigenvalue weighted by Gasteiger charge is -2.27. The van der Waals surface area contributed by atoms with Gasteiger partial charge < -0.3 is 15.2 Å². The predicted molar refractivity (Wildman–Crippen MR) is 78.7 cm³/mol. The smallest absolute Gasteiger partial charge is 0.389 e. The number of alkyl halides is 3. The number of carboxylic acids is 1. The Morgan fingerprint density at radius 2 is 1.92 bits per heavy atom. The van der Waals surface area contributed by atoms with E-state index in [0.29, 0.717) is 18.6 Å². The summed E-state index contributed by atoms with van der Waals surface area (Å²) in [5.41, 5.74) is -0.200. The second-order valence-corrected chi connectivity index (χ2v) is 5.92. The van der Waals surface area contributed by atoms with Crippen LogP contribution < -0.4 is 5.32 Å². The van der Waals surface area contributed by atoms with E-state index in [1.807, 2.05) is 0 Å². The van der Waals surface area contributed by atoms with E-state index in [1.165, 1.54) is 24.3 Å². The van der Waals surface area contributed by atoms with Crippen molar-refractivity contribution in [2.45, 2.75) is 37.4 Å². The Kier molecular flexibility index (Phi) is 5.48. The summed E-state index contributed by atoms with van der Waals surface area (Å²) in [6.07, 6.45) is -5.14. The van der Waals surface area contributed by atoms with E-state index < -0.39 is 30.0 Å². The van der Waals surface area contributed by atoms with Gasteiger partial charge in [-0.3, -0.25) is 9.59 Å². The molecule has 132 valence electrons. The maximum atomic E-state index is 12.3. The molecular weight excluding hydrogens is 327 g/mol. The molecule has 0 aliphatic carbocycles. The molecule has 2 rings (SSSR count). The number of hydrogen-bond acceptors (Lipinski definition) is 3. The monoisotopic (exact) mass is 345 g/mol. The van der Waals surface area contributed by atoms with E-state index in [-0.39, 0.29) is 25.0 Å². The van der Waals surface area contributed by atoms with Crippen molar-refractivity contribution in [3.8, 4) is 0 Å². The molecule has 1 heterocycles. The number of nitrogens with one attached hydrogen (secondary N) is 1. The van der Waals surface area contributed by atoms with E-state index >= 15 is 0 Å². The van der Waals surface area contributed by atoms with Gasteiger partial charge in [0, 0.05) is 18.6 Å². The SMILES string of the molecule is O=C(O)CC1(NC(=O)c2ccc(CCC(F)(F)F)cc2)CCOC1. The van der Waals surface area contributed by atoms with Crippen molar-refractivity contribution >= 4 is 11.9 Å². The number of halogens is 3. The maximum Gasteiger partial charge on any atom is 0.389 e. The van der Waals surface area contributed by atoms with Crippen molar-refractivity contribution in [2.24, 2.45) is 0 Å². The third-order valence-electron chi connectivity index (χ3n) is 3.88. The number of carbonyl (C=O) groups is 2. The van der Waals surface area contributed by atoms with Crippen LogP contribution in [0.1, 0.15) is 35.2 Å². The van der Waals surface area contributed by atoms with Gasteiger partial charge in [0.15, 0.2) is 0 Å². The summed E-state index contributed by atoms with van der Waals surface area (Å²) in [6.45, 7) is 0.485. The summed E-state index contributed by atoms with van der Waals surface area (Å²) in [6, 6.07) is 5.81. The largest absolute Gasteiger partial charge is 0.481 e. The summed E-state index contributed by atoms with van der Waals surface area (Å²) in [4.78, 5) is 23.3. The number of amides is 1. The Morgan fingerprint density at radius 1 is 1.25 bits per heavy atom. The number of hydrogen-bond donors (Lipinski definition) is 2. The Labute approximate surface area is 136 Å². The predicted octanol–water partition coefficient (Wildman–Crippen LogP) is 2.55. The zero-order chi connectivity index (χ0) is 17.8. The first-order chi connectivity index (χ1) is 11.2. The van der Waals surface area contributed by atoms with Crippen LogP contribution in [0.3, 0.4) is 0 Å². The minimum absolute atomic E-state index is 0.120. The molecule has 1 aromatic carbocycles. The molecule has 1 amide bonds. The molecule has 2 N–H and O–H groups in total. The highest BCUT2D eigenvalue weighted by Gasteiger charge is 2.38. The lowest BCUT2D eigenvalue weighted by molar-refractivity contribution is -0.138. The number of carbonyl (C=O) groups excluding carboxylic acids is 1.